The van der Waals surface area contributed by atoms with Crippen LogP contribution in [0.4, 0.5) is 0 Å². The Morgan fingerprint density at radius 3 is 1.72 bits per heavy atom. The zero-order chi connectivity index (χ0) is 19.6. The molecule has 1 amide bonds. The van der Waals surface area contributed by atoms with Gasteiger partial charge in [0.05, 0.1) is 4.90 Å². The Morgan fingerprint density at radius 1 is 0.920 bits per heavy atom. The minimum atomic E-state index is -3.46. The summed E-state index contributed by atoms with van der Waals surface area (Å²) in [5.41, 5.74) is 1.12. The number of benzene rings is 1. The molecule has 0 saturated carbocycles. The second kappa shape index (κ2) is 11.3. The molecular weight excluding hydrogens is 336 g/mol. The van der Waals surface area contributed by atoms with Crippen molar-refractivity contribution in [2.24, 2.45) is 0 Å². The lowest BCUT2D eigenvalue weighted by Gasteiger charge is -2.33. The van der Waals surface area contributed by atoms with Crippen LogP contribution in [0.2, 0.25) is 0 Å². The van der Waals surface area contributed by atoms with Crippen molar-refractivity contribution in [1.29, 1.82) is 0 Å². The van der Waals surface area contributed by atoms with Crippen molar-refractivity contribution in [2.45, 2.75) is 59.3 Å². The molecule has 1 aromatic carbocycles. The molecule has 1 saturated heterocycles. The van der Waals surface area contributed by atoms with Crippen molar-refractivity contribution in [2.75, 3.05) is 26.2 Å². The largest absolute Gasteiger partial charge is 0.340 e. The molecule has 1 aliphatic rings. The first-order valence-corrected chi connectivity index (χ1v) is 10.6. The monoisotopic (exact) mass is 370 g/mol. The van der Waals surface area contributed by atoms with Crippen molar-refractivity contribution in [3.63, 3.8) is 0 Å². The van der Waals surface area contributed by atoms with Crippen LogP contribution in [0.15, 0.2) is 29.2 Å². The molecule has 0 radical (unpaired) electrons. The van der Waals surface area contributed by atoms with Gasteiger partial charge in [0.1, 0.15) is 0 Å². The van der Waals surface area contributed by atoms with E-state index in [0.29, 0.717) is 37.0 Å². The average molecular weight is 371 g/mol. The molecule has 5 nitrogen and oxygen atoms in total. The maximum Gasteiger partial charge on any atom is 0.243 e. The smallest absolute Gasteiger partial charge is 0.243 e. The number of carbonyl (C=O) groups is 1. The molecule has 0 bridgehead atoms. The van der Waals surface area contributed by atoms with E-state index in [1.165, 1.54) is 11.2 Å². The minimum Gasteiger partial charge on any atom is -0.340 e. The molecule has 0 N–H and O–H groups in total. The standard InChI is InChI=1S/C15H22N2O3S.2C2H6/c1-12(2)14-4-6-15(7-5-14)21(19,20)17-10-8-16(9-11-17)13(3)18;2*1-2/h4-7,12H,8-11H2,1-3H3;2*1-2H3. The van der Waals surface area contributed by atoms with Crippen molar-refractivity contribution < 1.29 is 13.2 Å². The Bertz CT molecular complexity index is 602. The second-order valence-corrected chi connectivity index (χ2v) is 7.57. The molecule has 1 aliphatic heterocycles. The number of amides is 1. The normalized spacial score (nSPS) is 15.0. The van der Waals surface area contributed by atoms with Gasteiger partial charge in [-0.05, 0) is 23.6 Å². The summed E-state index contributed by atoms with van der Waals surface area (Å²) in [5, 5.41) is 0. The van der Waals surface area contributed by atoms with Gasteiger partial charge in [-0.1, -0.05) is 53.7 Å². The molecule has 25 heavy (non-hydrogen) atoms. The molecule has 1 aromatic rings. The second-order valence-electron chi connectivity index (χ2n) is 5.63. The molecule has 2 rings (SSSR count). The third-order valence-electron chi connectivity index (χ3n) is 3.87. The highest BCUT2D eigenvalue weighted by atomic mass is 32.2. The van der Waals surface area contributed by atoms with E-state index in [0.717, 1.165) is 5.56 Å². The maximum absolute atomic E-state index is 12.6. The van der Waals surface area contributed by atoms with Gasteiger partial charge < -0.3 is 4.90 Å². The molecule has 0 atom stereocenters. The fraction of sp³-hybridized carbons (Fsp3) is 0.632. The first-order chi connectivity index (χ1) is 11.8. The average Bonchev–Trinajstić information content (AvgIpc) is 2.65. The third-order valence-corrected chi connectivity index (χ3v) is 5.78. The van der Waals surface area contributed by atoms with E-state index in [4.69, 9.17) is 0 Å². The van der Waals surface area contributed by atoms with E-state index in [2.05, 4.69) is 13.8 Å². The van der Waals surface area contributed by atoms with Crippen LogP contribution in [-0.2, 0) is 14.8 Å². The van der Waals surface area contributed by atoms with E-state index in [-0.39, 0.29) is 5.91 Å². The minimum absolute atomic E-state index is 0.00617. The van der Waals surface area contributed by atoms with Gasteiger partial charge in [-0.3, -0.25) is 4.79 Å². The van der Waals surface area contributed by atoms with E-state index in [1.54, 1.807) is 17.0 Å². The summed E-state index contributed by atoms with van der Waals surface area (Å²) in [7, 11) is -3.46. The van der Waals surface area contributed by atoms with Crippen LogP contribution in [0.1, 0.15) is 59.9 Å². The molecule has 0 unspecified atom stereocenters. The first-order valence-electron chi connectivity index (χ1n) is 9.18. The SMILES string of the molecule is CC.CC.CC(=O)N1CCN(S(=O)(=O)c2ccc(C(C)C)cc2)CC1. The molecule has 144 valence electrons. The number of hydrogen-bond acceptors (Lipinski definition) is 3. The van der Waals surface area contributed by atoms with Crippen LogP contribution < -0.4 is 0 Å². The number of hydrogen-bond donors (Lipinski definition) is 0. The van der Waals surface area contributed by atoms with E-state index < -0.39 is 10.0 Å². The van der Waals surface area contributed by atoms with Crippen LogP contribution in [0.5, 0.6) is 0 Å². The maximum atomic E-state index is 12.6. The predicted octanol–water partition coefficient (Wildman–Crippen LogP) is 3.72. The van der Waals surface area contributed by atoms with Gasteiger partial charge in [0.15, 0.2) is 0 Å². The number of nitrogens with zero attached hydrogens (tertiary/aromatic N) is 2. The zero-order valence-electron chi connectivity index (χ0n) is 16.7. The molecule has 0 aromatic heterocycles. The van der Waals surface area contributed by atoms with Crippen LogP contribution in [-0.4, -0.2) is 49.7 Å². The first kappa shape index (κ1) is 23.6. The Labute approximate surface area is 154 Å². The van der Waals surface area contributed by atoms with Crippen molar-refractivity contribution >= 4 is 15.9 Å². The number of rotatable bonds is 3. The summed E-state index contributed by atoms with van der Waals surface area (Å²) in [5.74, 6) is 0.370. The lowest BCUT2D eigenvalue weighted by Crippen LogP contribution is -2.49. The van der Waals surface area contributed by atoms with E-state index >= 15 is 0 Å². The highest BCUT2D eigenvalue weighted by Crippen LogP contribution is 2.21. The quantitative estimate of drug-likeness (QED) is 0.815. The number of piperazine rings is 1. The molecule has 1 heterocycles. The molecule has 6 heteroatoms. The van der Waals surface area contributed by atoms with Crippen molar-refractivity contribution in [3.8, 4) is 0 Å². The molecule has 0 aliphatic carbocycles. The van der Waals surface area contributed by atoms with Gasteiger partial charge in [0.2, 0.25) is 15.9 Å². The van der Waals surface area contributed by atoms with Crippen molar-refractivity contribution in [3.05, 3.63) is 29.8 Å². The fourth-order valence-corrected chi connectivity index (χ4v) is 3.84. The number of sulfonamides is 1. The molecular formula is C19H34N2O3S. The van der Waals surface area contributed by atoms with Crippen LogP contribution in [0, 0.1) is 0 Å². The summed E-state index contributed by atoms with van der Waals surface area (Å²) >= 11 is 0. The summed E-state index contributed by atoms with van der Waals surface area (Å²) < 4.78 is 26.6. The zero-order valence-corrected chi connectivity index (χ0v) is 17.6. The fourth-order valence-electron chi connectivity index (χ4n) is 2.42. The van der Waals surface area contributed by atoms with Crippen LogP contribution in [0.25, 0.3) is 0 Å². The van der Waals surface area contributed by atoms with Crippen LogP contribution >= 0.6 is 0 Å². The van der Waals surface area contributed by atoms with Gasteiger partial charge in [0.25, 0.3) is 0 Å². The highest BCUT2D eigenvalue weighted by molar-refractivity contribution is 7.89. The Balaban J connectivity index is 0.00000134. The Morgan fingerprint density at radius 2 is 1.36 bits per heavy atom. The van der Waals surface area contributed by atoms with E-state index in [9.17, 15) is 13.2 Å². The molecule has 1 fully saturated rings. The number of carbonyl (C=O) groups excluding carboxylic acids is 1. The van der Waals surface area contributed by atoms with Gasteiger partial charge in [0, 0.05) is 33.1 Å². The van der Waals surface area contributed by atoms with E-state index in [1.807, 2.05) is 39.8 Å². The van der Waals surface area contributed by atoms with Crippen molar-refractivity contribution in [1.82, 2.24) is 9.21 Å². The third kappa shape index (κ3) is 6.44. The highest BCUT2D eigenvalue weighted by Gasteiger charge is 2.29. The van der Waals surface area contributed by atoms with Gasteiger partial charge in [-0.2, -0.15) is 4.31 Å². The van der Waals surface area contributed by atoms with Gasteiger partial charge in [-0.15, -0.1) is 0 Å². The topological polar surface area (TPSA) is 57.7 Å². The Hall–Kier alpha value is -1.40. The summed E-state index contributed by atoms with van der Waals surface area (Å²) in [6, 6.07) is 7.07. The summed E-state index contributed by atoms with van der Waals surface area (Å²) in [6.07, 6.45) is 0. The lowest BCUT2D eigenvalue weighted by molar-refractivity contribution is -0.129. The summed E-state index contributed by atoms with van der Waals surface area (Å²) in [4.78, 5) is 13.3. The lowest BCUT2D eigenvalue weighted by atomic mass is 10.0. The molecule has 0 spiro atoms. The Kier molecular flexibility index (Phi) is 10.6. The van der Waals surface area contributed by atoms with Gasteiger partial charge >= 0.3 is 0 Å². The summed E-state index contributed by atoms with van der Waals surface area (Å²) in [6.45, 7) is 15.3. The van der Waals surface area contributed by atoms with Crippen LogP contribution in [0.3, 0.4) is 0 Å². The van der Waals surface area contributed by atoms with Gasteiger partial charge in [-0.25, -0.2) is 8.42 Å². The predicted molar refractivity (Wildman–Crippen MR) is 104 cm³/mol.